The summed E-state index contributed by atoms with van der Waals surface area (Å²) in [6.07, 6.45) is 16.6. The number of tetrazole rings is 1. The van der Waals surface area contributed by atoms with Crippen LogP contribution in [0.5, 0.6) is 0 Å². The third kappa shape index (κ3) is 8.00. The van der Waals surface area contributed by atoms with Gasteiger partial charge in [-0.05, 0) is 59.8 Å². The van der Waals surface area contributed by atoms with Gasteiger partial charge in [-0.2, -0.15) is 0 Å². The van der Waals surface area contributed by atoms with Crippen molar-refractivity contribution < 1.29 is 4.79 Å². The summed E-state index contributed by atoms with van der Waals surface area (Å²) in [7, 11) is 0. The summed E-state index contributed by atoms with van der Waals surface area (Å²) in [5.41, 5.74) is 3.12. The highest BCUT2D eigenvalue weighted by atomic mass is 16.2. The van der Waals surface area contributed by atoms with Crippen LogP contribution in [-0.4, -0.2) is 62.2 Å². The summed E-state index contributed by atoms with van der Waals surface area (Å²) in [4.78, 5) is 20.0. The number of nitrogens with zero attached hydrogens (tertiary/aromatic N) is 5. The average molecular weight is 611 g/mol. The van der Waals surface area contributed by atoms with Crippen LogP contribution in [0.2, 0.25) is 0 Å². The molecule has 1 atom stereocenters. The third-order valence-corrected chi connectivity index (χ3v) is 9.93. The zero-order valence-electron chi connectivity index (χ0n) is 26.7. The van der Waals surface area contributed by atoms with Gasteiger partial charge in [-0.3, -0.25) is 9.69 Å². The van der Waals surface area contributed by atoms with Crippen molar-refractivity contribution in [1.29, 1.82) is 0 Å². The molecule has 6 rings (SSSR count). The molecule has 0 saturated carbocycles. The molecule has 1 unspecified atom stereocenters. The van der Waals surface area contributed by atoms with Crippen LogP contribution < -0.4 is 10.6 Å². The normalized spacial score (nSPS) is 21.4. The number of para-hydroxylation sites is 1. The zero-order valence-corrected chi connectivity index (χ0v) is 26.7. The topological polar surface area (TPSA) is 104 Å². The van der Waals surface area contributed by atoms with E-state index < -0.39 is 11.6 Å². The van der Waals surface area contributed by atoms with Crippen molar-refractivity contribution >= 4 is 16.8 Å². The average Bonchev–Trinajstić information content (AvgIpc) is 3.73. The Bertz CT molecular complexity index is 1470. The lowest BCUT2D eigenvalue weighted by Gasteiger charge is -2.42. The number of rotatable bonds is 4. The number of likely N-dealkylation sites (tertiary alicyclic amines) is 1. The fraction of sp³-hybridized carbons (Fsp3) is 0.556. The lowest BCUT2D eigenvalue weighted by Crippen LogP contribution is -2.53. The van der Waals surface area contributed by atoms with Crippen molar-refractivity contribution in [1.82, 2.24) is 40.7 Å². The number of amides is 1. The quantitative estimate of drug-likeness (QED) is 0.260. The van der Waals surface area contributed by atoms with Gasteiger partial charge in [0.25, 0.3) is 0 Å². The molecule has 9 nitrogen and oxygen atoms in total. The predicted molar refractivity (Wildman–Crippen MR) is 179 cm³/mol. The number of fused-ring (bicyclic) bond motifs is 3. The number of benzene rings is 2. The van der Waals surface area contributed by atoms with Gasteiger partial charge in [-0.15, -0.1) is 5.10 Å². The number of hydrogen-bond acceptors (Lipinski definition) is 6. The van der Waals surface area contributed by atoms with Gasteiger partial charge in [0.15, 0.2) is 5.82 Å². The minimum atomic E-state index is -0.544. The first kappa shape index (κ1) is 31.4. The number of aromatic amines is 1. The van der Waals surface area contributed by atoms with Crippen molar-refractivity contribution in [3.8, 4) is 0 Å². The molecule has 45 heavy (non-hydrogen) atoms. The molecule has 0 bridgehead atoms. The van der Waals surface area contributed by atoms with Crippen LogP contribution in [0.4, 0.5) is 0 Å². The van der Waals surface area contributed by atoms with Crippen molar-refractivity contribution in [2.45, 2.75) is 102 Å². The van der Waals surface area contributed by atoms with Crippen molar-refractivity contribution in [2.24, 2.45) is 0 Å². The van der Waals surface area contributed by atoms with Crippen molar-refractivity contribution in [3.63, 3.8) is 0 Å². The van der Waals surface area contributed by atoms with E-state index in [9.17, 15) is 4.79 Å². The number of piperidine rings is 1. The molecule has 0 aliphatic carbocycles. The van der Waals surface area contributed by atoms with E-state index in [1.54, 1.807) is 0 Å². The Balaban J connectivity index is 1.28. The highest BCUT2D eigenvalue weighted by molar-refractivity contribution is 5.85. The summed E-state index contributed by atoms with van der Waals surface area (Å²) >= 11 is 0. The Morgan fingerprint density at radius 1 is 0.800 bits per heavy atom. The maximum absolute atomic E-state index is 14.0. The van der Waals surface area contributed by atoms with Gasteiger partial charge in [-0.1, -0.05) is 99.9 Å². The number of aromatic nitrogens is 5. The maximum atomic E-state index is 14.0. The molecule has 240 valence electrons. The molecule has 1 fully saturated rings. The van der Waals surface area contributed by atoms with Crippen LogP contribution in [0.15, 0.2) is 60.8 Å². The predicted octanol–water partition coefficient (Wildman–Crippen LogP) is 6.05. The highest BCUT2D eigenvalue weighted by Crippen LogP contribution is 2.34. The second-order valence-electron chi connectivity index (χ2n) is 13.1. The van der Waals surface area contributed by atoms with Crippen molar-refractivity contribution in [2.75, 3.05) is 26.2 Å². The molecule has 4 heterocycles. The first-order valence-corrected chi connectivity index (χ1v) is 17.3. The molecular weight excluding hydrogens is 560 g/mol. The maximum Gasteiger partial charge on any atom is 0.245 e. The first-order chi connectivity index (χ1) is 22.2. The number of nitrogens with one attached hydrogen (secondary N) is 3. The molecule has 1 amide bonds. The fourth-order valence-corrected chi connectivity index (χ4v) is 7.25. The molecule has 2 aliphatic heterocycles. The Morgan fingerprint density at radius 2 is 1.47 bits per heavy atom. The van der Waals surface area contributed by atoms with Gasteiger partial charge in [0, 0.05) is 49.7 Å². The molecule has 2 aromatic carbocycles. The van der Waals surface area contributed by atoms with Crippen LogP contribution in [0, 0.1) is 0 Å². The molecule has 1 spiro atoms. The van der Waals surface area contributed by atoms with Crippen LogP contribution in [0.25, 0.3) is 10.9 Å². The summed E-state index contributed by atoms with van der Waals surface area (Å²) in [5.74, 6) is 0.781. The third-order valence-electron chi connectivity index (χ3n) is 9.93. The lowest BCUT2D eigenvalue weighted by molar-refractivity contribution is -0.124. The number of carbonyl (C=O) groups is 1. The van der Waals surface area contributed by atoms with Crippen LogP contribution in [0.3, 0.4) is 0 Å². The van der Waals surface area contributed by atoms with Crippen LogP contribution in [0.1, 0.15) is 100 Å². The zero-order chi connectivity index (χ0) is 30.7. The van der Waals surface area contributed by atoms with Gasteiger partial charge >= 0.3 is 0 Å². The molecule has 3 N–H and O–H groups in total. The van der Waals surface area contributed by atoms with E-state index in [4.69, 9.17) is 5.10 Å². The van der Waals surface area contributed by atoms with E-state index in [2.05, 4.69) is 79.5 Å². The highest BCUT2D eigenvalue weighted by Gasteiger charge is 2.42. The smallest absolute Gasteiger partial charge is 0.245 e. The van der Waals surface area contributed by atoms with Gasteiger partial charge in [-0.25, -0.2) is 4.68 Å². The molecule has 2 aliphatic rings. The fourth-order valence-electron chi connectivity index (χ4n) is 7.25. The molecule has 9 heteroatoms. The molecular formula is C36H50N8O. The largest absolute Gasteiger partial charge is 0.361 e. The van der Waals surface area contributed by atoms with Gasteiger partial charge in [0.1, 0.15) is 6.04 Å². The standard InChI is InChI=1S/C36H50N8O/c45-34-33(26-30-27-38-32-19-13-12-18-31(30)32)44-35(40-41-42-44)36(20-24-43(25-21-36)28-29-16-10-9-11-17-29)39-23-15-8-6-4-2-1-3-5-7-14-22-37-34/h9-13,16-19,27,33,38-39H,1-8,14-15,20-26,28H2,(H,37,45). The summed E-state index contributed by atoms with van der Waals surface area (Å²) < 4.78 is 1.85. The molecule has 1 saturated heterocycles. The summed E-state index contributed by atoms with van der Waals surface area (Å²) in [5, 5.41) is 21.9. The number of H-pyrrole nitrogens is 1. The number of carbonyl (C=O) groups excluding carboxylic acids is 1. The van der Waals surface area contributed by atoms with Crippen molar-refractivity contribution in [3.05, 3.63) is 77.7 Å². The lowest BCUT2D eigenvalue weighted by atomic mass is 9.85. The Morgan fingerprint density at radius 3 is 2.22 bits per heavy atom. The van der Waals surface area contributed by atoms with Gasteiger partial charge in [0.05, 0.1) is 5.54 Å². The minimum Gasteiger partial charge on any atom is -0.361 e. The van der Waals surface area contributed by atoms with E-state index in [1.807, 2.05) is 16.9 Å². The first-order valence-electron chi connectivity index (χ1n) is 17.3. The van der Waals surface area contributed by atoms with Crippen LogP contribution in [-0.2, 0) is 23.3 Å². The van der Waals surface area contributed by atoms with Gasteiger partial charge in [0.2, 0.25) is 5.91 Å². The van der Waals surface area contributed by atoms with Crippen LogP contribution >= 0.6 is 0 Å². The minimum absolute atomic E-state index is 0.0107. The molecule has 4 aromatic rings. The second-order valence-corrected chi connectivity index (χ2v) is 13.1. The van der Waals surface area contributed by atoms with E-state index in [-0.39, 0.29) is 5.91 Å². The summed E-state index contributed by atoms with van der Waals surface area (Å²) in [6, 6.07) is 18.5. The Labute approximate surface area is 267 Å². The Kier molecular flexibility index (Phi) is 10.9. The van der Waals surface area contributed by atoms with E-state index in [0.29, 0.717) is 13.0 Å². The second kappa shape index (κ2) is 15.6. The SMILES string of the molecule is O=C1NCCCCCCCCCCCCNC2(CCN(Cc3ccccc3)CC2)c2nnnn2C1Cc1c[nH]c2ccccc12. The van der Waals surface area contributed by atoms with E-state index >= 15 is 0 Å². The summed E-state index contributed by atoms with van der Waals surface area (Å²) in [6.45, 7) is 4.42. The molecule has 2 aromatic heterocycles. The Hall–Kier alpha value is -3.56. The van der Waals surface area contributed by atoms with E-state index in [1.165, 1.54) is 50.5 Å². The van der Waals surface area contributed by atoms with Gasteiger partial charge < -0.3 is 15.6 Å². The monoisotopic (exact) mass is 610 g/mol. The molecule has 0 radical (unpaired) electrons. The van der Waals surface area contributed by atoms with E-state index in [0.717, 1.165) is 80.6 Å². The number of hydrogen-bond donors (Lipinski definition) is 3.